The van der Waals surface area contributed by atoms with Crippen LogP contribution in [0.2, 0.25) is 0 Å². The van der Waals surface area contributed by atoms with E-state index in [9.17, 15) is 9.59 Å². The van der Waals surface area contributed by atoms with Crippen LogP contribution in [-0.4, -0.2) is 38.7 Å². The zero-order chi connectivity index (χ0) is 18.2. The second-order valence-corrected chi connectivity index (χ2v) is 7.21. The van der Waals surface area contributed by atoms with E-state index in [4.69, 9.17) is 4.74 Å². The van der Waals surface area contributed by atoms with Crippen molar-refractivity contribution in [1.82, 2.24) is 15.0 Å². The van der Waals surface area contributed by atoms with Crippen LogP contribution in [0.1, 0.15) is 31.7 Å². The number of aromatic nitrogens is 3. The molecular weight excluding hydrogens is 360 g/mol. The molecule has 0 bridgehead atoms. The fraction of sp³-hybridized carbons (Fsp3) is 0.438. The molecule has 1 amide bonds. The van der Waals surface area contributed by atoms with Crippen molar-refractivity contribution in [2.24, 2.45) is 0 Å². The number of hydrogen-bond donors (Lipinski definition) is 1. The Labute approximate surface area is 154 Å². The first-order chi connectivity index (χ1) is 12.0. The highest BCUT2D eigenvalue weighted by Crippen LogP contribution is 2.25. The predicted molar refractivity (Wildman–Crippen MR) is 97.8 cm³/mol. The maximum Gasteiger partial charge on any atom is 0.311 e. The van der Waals surface area contributed by atoms with Crippen LogP contribution in [0.15, 0.2) is 22.8 Å². The zero-order valence-electron chi connectivity index (χ0n) is 14.3. The molecule has 1 unspecified atom stereocenters. The van der Waals surface area contributed by atoms with Gasteiger partial charge in [0, 0.05) is 11.1 Å². The van der Waals surface area contributed by atoms with Crippen LogP contribution in [0.4, 0.5) is 5.13 Å². The molecule has 2 rings (SSSR count). The van der Waals surface area contributed by atoms with Gasteiger partial charge in [-0.05, 0) is 26.3 Å². The van der Waals surface area contributed by atoms with Crippen molar-refractivity contribution in [1.29, 1.82) is 0 Å². The van der Waals surface area contributed by atoms with E-state index < -0.39 is 0 Å². The lowest BCUT2D eigenvalue weighted by molar-refractivity contribution is -0.142. The minimum absolute atomic E-state index is 0.104. The Morgan fingerprint density at radius 3 is 2.84 bits per heavy atom. The van der Waals surface area contributed by atoms with Crippen LogP contribution in [0.3, 0.4) is 0 Å². The first-order valence-corrected chi connectivity index (χ1v) is 9.64. The monoisotopic (exact) mass is 380 g/mol. The summed E-state index contributed by atoms with van der Waals surface area (Å²) >= 11 is 2.68. The Kier molecular flexibility index (Phi) is 7.32. The Bertz CT molecular complexity index is 736. The third-order valence-corrected chi connectivity index (χ3v) is 5.22. The van der Waals surface area contributed by atoms with E-state index in [1.807, 2.05) is 19.9 Å². The number of thioether (sulfide) groups is 1. The SMILES string of the molecule is CCOC(=O)Cc1csc(NC(=O)C(CC)Sc2cc(C)ncn2)n1. The molecule has 0 fully saturated rings. The first kappa shape index (κ1) is 19.3. The topological polar surface area (TPSA) is 94.1 Å². The molecule has 2 aromatic heterocycles. The second-order valence-electron chi connectivity index (χ2n) is 5.13. The summed E-state index contributed by atoms with van der Waals surface area (Å²) in [7, 11) is 0. The van der Waals surface area contributed by atoms with Crippen LogP contribution < -0.4 is 5.32 Å². The standard InChI is InChI=1S/C16H20N4O3S2/c1-4-12(25-13-6-10(3)17-9-18-13)15(22)20-16-19-11(8-24-16)7-14(21)23-5-2/h6,8-9,12H,4-5,7H2,1-3H3,(H,19,20,22). The molecule has 0 aliphatic heterocycles. The van der Waals surface area contributed by atoms with Gasteiger partial charge < -0.3 is 10.1 Å². The minimum Gasteiger partial charge on any atom is -0.466 e. The predicted octanol–water partition coefficient (Wildman–Crippen LogP) is 2.86. The normalized spacial score (nSPS) is 11.8. The van der Waals surface area contributed by atoms with Crippen LogP contribution in [0, 0.1) is 6.92 Å². The van der Waals surface area contributed by atoms with Gasteiger partial charge in [-0.1, -0.05) is 18.7 Å². The molecule has 134 valence electrons. The maximum atomic E-state index is 12.5. The molecule has 9 heteroatoms. The molecule has 0 saturated carbocycles. The molecule has 2 aromatic rings. The third kappa shape index (κ3) is 6.09. The third-order valence-electron chi connectivity index (χ3n) is 3.12. The number of aryl methyl sites for hydroxylation is 1. The average molecular weight is 380 g/mol. The molecule has 25 heavy (non-hydrogen) atoms. The Morgan fingerprint density at radius 2 is 2.16 bits per heavy atom. The van der Waals surface area contributed by atoms with Gasteiger partial charge in [0.2, 0.25) is 5.91 Å². The zero-order valence-corrected chi connectivity index (χ0v) is 15.9. The molecule has 0 radical (unpaired) electrons. The number of nitrogens with zero attached hydrogens (tertiary/aromatic N) is 3. The Morgan fingerprint density at radius 1 is 1.36 bits per heavy atom. The summed E-state index contributed by atoms with van der Waals surface area (Å²) in [6.07, 6.45) is 2.25. The van der Waals surface area contributed by atoms with Crippen LogP contribution >= 0.6 is 23.1 Å². The summed E-state index contributed by atoms with van der Waals surface area (Å²) in [6, 6.07) is 1.85. The van der Waals surface area contributed by atoms with Gasteiger partial charge in [-0.15, -0.1) is 11.3 Å². The van der Waals surface area contributed by atoms with E-state index in [0.29, 0.717) is 23.9 Å². The van der Waals surface area contributed by atoms with E-state index in [-0.39, 0.29) is 23.5 Å². The largest absolute Gasteiger partial charge is 0.466 e. The molecule has 0 aliphatic carbocycles. The molecule has 1 atom stereocenters. The van der Waals surface area contributed by atoms with Gasteiger partial charge in [0.15, 0.2) is 5.13 Å². The van der Waals surface area contributed by atoms with Gasteiger partial charge in [0.25, 0.3) is 0 Å². The van der Waals surface area contributed by atoms with Gasteiger partial charge in [-0.2, -0.15) is 0 Å². The minimum atomic E-state index is -0.327. The summed E-state index contributed by atoms with van der Waals surface area (Å²) in [5.74, 6) is -0.465. The van der Waals surface area contributed by atoms with E-state index in [0.717, 1.165) is 10.7 Å². The van der Waals surface area contributed by atoms with Gasteiger partial charge in [-0.3, -0.25) is 9.59 Å². The molecule has 1 N–H and O–H groups in total. The van der Waals surface area contributed by atoms with Gasteiger partial charge in [0.05, 0.1) is 24.0 Å². The van der Waals surface area contributed by atoms with Gasteiger partial charge >= 0.3 is 5.97 Å². The lowest BCUT2D eigenvalue weighted by Crippen LogP contribution is -2.24. The second kappa shape index (κ2) is 9.47. The molecule has 0 aromatic carbocycles. The lowest BCUT2D eigenvalue weighted by atomic mass is 10.3. The number of hydrogen-bond acceptors (Lipinski definition) is 8. The Hall–Kier alpha value is -2.00. The first-order valence-electron chi connectivity index (χ1n) is 7.88. The number of ether oxygens (including phenoxy) is 1. The van der Waals surface area contributed by atoms with Gasteiger partial charge in [0.1, 0.15) is 11.4 Å². The number of nitrogens with one attached hydrogen (secondary N) is 1. The van der Waals surface area contributed by atoms with Crippen LogP contribution in [0.25, 0.3) is 0 Å². The molecular formula is C16H20N4O3S2. The number of thiazole rings is 1. The number of rotatable bonds is 8. The number of carbonyl (C=O) groups excluding carboxylic acids is 2. The van der Waals surface area contributed by atoms with E-state index in [1.165, 1.54) is 29.4 Å². The number of amides is 1. The van der Waals surface area contributed by atoms with Crippen molar-refractivity contribution in [3.05, 3.63) is 29.2 Å². The maximum absolute atomic E-state index is 12.5. The summed E-state index contributed by atoms with van der Waals surface area (Å²) in [5, 5.41) is 5.50. The van der Waals surface area contributed by atoms with Crippen molar-refractivity contribution in [2.75, 3.05) is 11.9 Å². The highest BCUT2D eigenvalue weighted by molar-refractivity contribution is 8.00. The van der Waals surface area contributed by atoms with Crippen molar-refractivity contribution in [3.8, 4) is 0 Å². The molecule has 0 saturated heterocycles. The molecule has 7 nitrogen and oxygen atoms in total. The number of anilines is 1. The number of carbonyl (C=O) groups is 2. The molecule has 0 spiro atoms. The highest BCUT2D eigenvalue weighted by Gasteiger charge is 2.20. The Balaban J connectivity index is 1.95. The lowest BCUT2D eigenvalue weighted by Gasteiger charge is -2.12. The van der Waals surface area contributed by atoms with Crippen molar-refractivity contribution in [2.45, 2.75) is 43.9 Å². The van der Waals surface area contributed by atoms with E-state index in [1.54, 1.807) is 12.3 Å². The quantitative estimate of drug-likeness (QED) is 0.427. The summed E-state index contributed by atoms with van der Waals surface area (Å²) in [4.78, 5) is 36.4. The number of esters is 1. The van der Waals surface area contributed by atoms with Crippen molar-refractivity contribution >= 4 is 40.1 Å². The van der Waals surface area contributed by atoms with Crippen molar-refractivity contribution in [3.63, 3.8) is 0 Å². The average Bonchev–Trinajstić information content (AvgIpc) is 2.99. The smallest absolute Gasteiger partial charge is 0.311 e. The molecule has 0 aliphatic rings. The van der Waals surface area contributed by atoms with E-state index >= 15 is 0 Å². The van der Waals surface area contributed by atoms with Crippen molar-refractivity contribution < 1.29 is 14.3 Å². The summed E-state index contributed by atoms with van der Waals surface area (Å²) in [5.41, 5.74) is 1.45. The molecule has 2 heterocycles. The fourth-order valence-electron chi connectivity index (χ4n) is 1.95. The van der Waals surface area contributed by atoms with Gasteiger partial charge in [-0.25, -0.2) is 15.0 Å². The fourth-order valence-corrected chi connectivity index (χ4v) is 3.64. The van der Waals surface area contributed by atoms with Crippen LogP contribution in [0.5, 0.6) is 0 Å². The summed E-state index contributed by atoms with van der Waals surface area (Å²) in [6.45, 7) is 5.92. The van der Waals surface area contributed by atoms with Crippen LogP contribution in [-0.2, 0) is 20.7 Å². The highest BCUT2D eigenvalue weighted by atomic mass is 32.2. The van der Waals surface area contributed by atoms with E-state index in [2.05, 4.69) is 20.3 Å². The summed E-state index contributed by atoms with van der Waals surface area (Å²) < 4.78 is 4.89.